The second-order valence-corrected chi connectivity index (χ2v) is 5.37. The number of benzene rings is 1. The number of alkyl halides is 3. The van der Waals surface area contributed by atoms with Crippen molar-refractivity contribution in [3.8, 4) is 0 Å². The summed E-state index contributed by atoms with van der Waals surface area (Å²) in [5.41, 5.74) is 0.673. The molecule has 1 heterocycles. The minimum Gasteiger partial charge on any atom is -0.383 e. The van der Waals surface area contributed by atoms with E-state index in [2.05, 4.69) is 4.90 Å². The molecule has 5 heteroatoms. The summed E-state index contributed by atoms with van der Waals surface area (Å²) >= 11 is 0. The first-order chi connectivity index (χ1) is 9.41. The predicted molar refractivity (Wildman–Crippen MR) is 71.5 cm³/mol. The van der Waals surface area contributed by atoms with Crippen LogP contribution in [0.15, 0.2) is 18.2 Å². The Balaban J connectivity index is 2.09. The zero-order valence-electron chi connectivity index (χ0n) is 11.8. The van der Waals surface area contributed by atoms with Crippen molar-refractivity contribution in [2.75, 3.05) is 20.3 Å². The fourth-order valence-electron chi connectivity index (χ4n) is 2.86. The molecule has 1 aliphatic rings. The number of hydrogen-bond donors (Lipinski definition) is 0. The van der Waals surface area contributed by atoms with Crippen molar-refractivity contribution < 1.29 is 17.9 Å². The average molecular weight is 287 g/mol. The minimum atomic E-state index is -4.27. The molecular weight excluding hydrogens is 267 g/mol. The van der Waals surface area contributed by atoms with E-state index in [9.17, 15) is 13.2 Å². The van der Waals surface area contributed by atoms with E-state index in [-0.39, 0.29) is 5.56 Å². The molecule has 2 nitrogen and oxygen atoms in total. The van der Waals surface area contributed by atoms with Gasteiger partial charge in [-0.15, -0.1) is 0 Å². The highest BCUT2D eigenvalue weighted by atomic mass is 19.4. The second-order valence-electron chi connectivity index (χ2n) is 5.37. The van der Waals surface area contributed by atoms with Gasteiger partial charge in [-0.1, -0.05) is 12.1 Å². The third kappa shape index (κ3) is 3.52. The lowest BCUT2D eigenvalue weighted by Gasteiger charge is -2.24. The summed E-state index contributed by atoms with van der Waals surface area (Å²) < 4.78 is 43.4. The molecule has 112 valence electrons. The lowest BCUT2D eigenvalue weighted by Crippen LogP contribution is -2.32. The Labute approximate surface area is 117 Å². The van der Waals surface area contributed by atoms with Crippen molar-refractivity contribution in [2.45, 2.75) is 38.5 Å². The Morgan fingerprint density at radius 2 is 2.10 bits per heavy atom. The summed E-state index contributed by atoms with van der Waals surface area (Å²) in [5.74, 6) is 0. The van der Waals surface area contributed by atoms with Crippen LogP contribution in [0, 0.1) is 6.92 Å². The van der Waals surface area contributed by atoms with Gasteiger partial charge < -0.3 is 4.74 Å². The third-order valence-corrected chi connectivity index (χ3v) is 3.84. The van der Waals surface area contributed by atoms with Crippen molar-refractivity contribution in [3.63, 3.8) is 0 Å². The number of ether oxygens (including phenoxy) is 1. The Hall–Kier alpha value is -1.07. The zero-order valence-corrected chi connectivity index (χ0v) is 11.8. The highest BCUT2D eigenvalue weighted by molar-refractivity contribution is 5.33. The molecule has 1 aromatic rings. The Morgan fingerprint density at radius 1 is 1.35 bits per heavy atom. The highest BCUT2D eigenvalue weighted by Gasteiger charge is 2.32. The van der Waals surface area contributed by atoms with Crippen LogP contribution in [0.1, 0.15) is 29.5 Å². The number of halogens is 3. The van der Waals surface area contributed by atoms with Gasteiger partial charge in [-0.2, -0.15) is 13.2 Å². The van der Waals surface area contributed by atoms with Gasteiger partial charge in [-0.3, -0.25) is 4.90 Å². The van der Waals surface area contributed by atoms with Crippen molar-refractivity contribution in [2.24, 2.45) is 0 Å². The van der Waals surface area contributed by atoms with E-state index < -0.39 is 11.7 Å². The van der Waals surface area contributed by atoms with Gasteiger partial charge in [0.15, 0.2) is 0 Å². The molecule has 1 aliphatic heterocycles. The molecule has 0 saturated carbocycles. The number of nitrogens with zero attached hydrogens (tertiary/aromatic N) is 1. The van der Waals surface area contributed by atoms with E-state index in [1.165, 1.54) is 13.0 Å². The monoisotopic (exact) mass is 287 g/mol. The SMILES string of the molecule is COC[C@@H]1CCCN1Cc1ccc(C(F)(F)F)c(C)c1. The molecule has 0 aromatic heterocycles. The van der Waals surface area contributed by atoms with Crippen LogP contribution in [0.25, 0.3) is 0 Å². The first-order valence-electron chi connectivity index (χ1n) is 6.81. The molecule has 0 aliphatic carbocycles. The Morgan fingerprint density at radius 3 is 2.70 bits per heavy atom. The van der Waals surface area contributed by atoms with Gasteiger partial charge >= 0.3 is 6.18 Å². The van der Waals surface area contributed by atoms with E-state index in [0.717, 1.165) is 24.9 Å². The third-order valence-electron chi connectivity index (χ3n) is 3.84. The summed E-state index contributed by atoms with van der Waals surface area (Å²) in [6, 6.07) is 4.79. The molecule has 0 radical (unpaired) electrons. The Kier molecular flexibility index (Phi) is 4.70. The molecule has 0 amide bonds. The maximum Gasteiger partial charge on any atom is 0.416 e. The topological polar surface area (TPSA) is 12.5 Å². The van der Waals surface area contributed by atoms with E-state index in [0.29, 0.717) is 19.2 Å². The number of hydrogen-bond acceptors (Lipinski definition) is 2. The second kappa shape index (κ2) is 6.14. The highest BCUT2D eigenvalue weighted by Crippen LogP contribution is 2.32. The fourth-order valence-corrected chi connectivity index (χ4v) is 2.86. The van der Waals surface area contributed by atoms with Crippen LogP contribution in [0.3, 0.4) is 0 Å². The smallest absolute Gasteiger partial charge is 0.383 e. The van der Waals surface area contributed by atoms with Gasteiger partial charge in [0.2, 0.25) is 0 Å². The van der Waals surface area contributed by atoms with Gasteiger partial charge in [0.25, 0.3) is 0 Å². The molecule has 0 unspecified atom stereocenters. The molecule has 0 spiro atoms. The summed E-state index contributed by atoms with van der Waals surface area (Å²) in [6.07, 6.45) is -2.06. The molecule has 1 atom stereocenters. The van der Waals surface area contributed by atoms with Crippen LogP contribution in [-0.4, -0.2) is 31.2 Å². The largest absolute Gasteiger partial charge is 0.416 e. The summed E-state index contributed by atoms with van der Waals surface area (Å²) in [4.78, 5) is 2.28. The van der Waals surface area contributed by atoms with Crippen LogP contribution in [0.2, 0.25) is 0 Å². The molecule has 2 rings (SSSR count). The van der Waals surface area contributed by atoms with Crippen molar-refractivity contribution >= 4 is 0 Å². The standard InChI is InChI=1S/C15H20F3NO/c1-11-8-12(5-6-14(11)15(16,17)18)9-19-7-3-4-13(19)10-20-2/h5-6,8,13H,3-4,7,9-10H2,1-2H3/t13-/m0/s1. The van der Waals surface area contributed by atoms with Crippen molar-refractivity contribution in [3.05, 3.63) is 34.9 Å². The van der Waals surface area contributed by atoms with Crippen molar-refractivity contribution in [1.82, 2.24) is 4.90 Å². The number of aryl methyl sites for hydroxylation is 1. The number of rotatable bonds is 4. The first kappa shape index (κ1) is 15.3. The van der Waals surface area contributed by atoms with Gasteiger partial charge in [-0.25, -0.2) is 0 Å². The van der Waals surface area contributed by atoms with Crippen LogP contribution in [0.4, 0.5) is 13.2 Å². The molecule has 0 bridgehead atoms. The summed E-state index contributed by atoms with van der Waals surface area (Å²) in [7, 11) is 1.68. The quantitative estimate of drug-likeness (QED) is 0.838. The average Bonchev–Trinajstić information content (AvgIpc) is 2.75. The lowest BCUT2D eigenvalue weighted by atomic mass is 10.0. The molecule has 1 saturated heterocycles. The van der Waals surface area contributed by atoms with Gasteiger partial charge in [0.1, 0.15) is 0 Å². The van der Waals surface area contributed by atoms with E-state index >= 15 is 0 Å². The Bertz CT molecular complexity index is 459. The number of likely N-dealkylation sites (tertiary alicyclic amines) is 1. The van der Waals surface area contributed by atoms with Crippen LogP contribution in [0.5, 0.6) is 0 Å². The minimum absolute atomic E-state index is 0.289. The van der Waals surface area contributed by atoms with Gasteiger partial charge in [0.05, 0.1) is 12.2 Å². The summed E-state index contributed by atoms with van der Waals surface area (Å²) in [5, 5.41) is 0. The molecule has 1 aromatic carbocycles. The maximum atomic E-state index is 12.7. The fraction of sp³-hybridized carbons (Fsp3) is 0.600. The first-order valence-corrected chi connectivity index (χ1v) is 6.81. The summed E-state index contributed by atoms with van der Waals surface area (Å²) in [6.45, 7) is 3.86. The van der Waals surface area contributed by atoms with Crippen LogP contribution < -0.4 is 0 Å². The van der Waals surface area contributed by atoms with E-state index in [1.54, 1.807) is 19.2 Å². The molecule has 0 N–H and O–H groups in total. The molecule has 20 heavy (non-hydrogen) atoms. The molecule has 1 fully saturated rings. The van der Waals surface area contributed by atoms with Crippen molar-refractivity contribution in [1.29, 1.82) is 0 Å². The maximum absolute atomic E-state index is 12.7. The molecular formula is C15H20F3NO. The van der Waals surface area contributed by atoms with Gasteiger partial charge in [0, 0.05) is 19.7 Å². The normalized spacial score (nSPS) is 20.6. The van der Waals surface area contributed by atoms with E-state index in [1.807, 2.05) is 0 Å². The predicted octanol–water partition coefficient (Wildman–Crippen LogP) is 3.62. The van der Waals surface area contributed by atoms with Crippen LogP contribution in [-0.2, 0) is 17.5 Å². The lowest BCUT2D eigenvalue weighted by molar-refractivity contribution is -0.138. The van der Waals surface area contributed by atoms with E-state index in [4.69, 9.17) is 4.74 Å². The van der Waals surface area contributed by atoms with Gasteiger partial charge in [-0.05, 0) is 43.5 Å². The van der Waals surface area contributed by atoms with Crippen LogP contribution >= 0.6 is 0 Å². The zero-order chi connectivity index (χ0) is 14.8. The number of methoxy groups -OCH3 is 1.